The molecule has 1 aliphatic heterocycles. The molecule has 19 heavy (non-hydrogen) atoms. The van der Waals surface area contributed by atoms with Crippen LogP contribution in [0.2, 0.25) is 0 Å². The number of carbonyl (C=O) groups excluding carboxylic acids is 2. The molecule has 0 bridgehead atoms. The molecule has 5 heteroatoms. The number of rotatable bonds is 7. The van der Waals surface area contributed by atoms with Crippen LogP contribution in [0.4, 0.5) is 0 Å². The topological polar surface area (TPSA) is 58.6 Å². The van der Waals surface area contributed by atoms with Crippen LogP contribution in [-0.4, -0.2) is 49.6 Å². The Labute approximate surface area is 115 Å². The van der Waals surface area contributed by atoms with Crippen molar-refractivity contribution in [1.82, 2.24) is 10.2 Å². The Morgan fingerprint density at radius 3 is 2.53 bits per heavy atom. The summed E-state index contributed by atoms with van der Waals surface area (Å²) >= 11 is 0. The van der Waals surface area contributed by atoms with Gasteiger partial charge in [0.2, 0.25) is 5.91 Å². The molecular formula is C14H26N2O3. The number of ether oxygens (including phenoxy) is 1. The monoisotopic (exact) mass is 270 g/mol. The van der Waals surface area contributed by atoms with E-state index in [4.69, 9.17) is 4.74 Å². The van der Waals surface area contributed by atoms with E-state index >= 15 is 0 Å². The third-order valence-corrected chi connectivity index (χ3v) is 3.45. The number of esters is 1. The van der Waals surface area contributed by atoms with Crippen LogP contribution < -0.4 is 5.32 Å². The summed E-state index contributed by atoms with van der Waals surface area (Å²) in [5, 5.41) is 3.15. The van der Waals surface area contributed by atoms with Crippen LogP contribution in [0.1, 0.15) is 39.5 Å². The highest BCUT2D eigenvalue weighted by atomic mass is 16.5. The van der Waals surface area contributed by atoms with Gasteiger partial charge in [0.1, 0.15) is 0 Å². The zero-order chi connectivity index (χ0) is 14.1. The van der Waals surface area contributed by atoms with Gasteiger partial charge in [0.15, 0.2) is 0 Å². The Kier molecular flexibility index (Phi) is 7.48. The average Bonchev–Trinajstić information content (AvgIpc) is 2.44. The zero-order valence-corrected chi connectivity index (χ0v) is 12.1. The number of unbranched alkanes of at least 4 members (excludes halogenated alkanes) is 1. The van der Waals surface area contributed by atoms with Crippen molar-refractivity contribution in [2.24, 2.45) is 5.92 Å². The maximum Gasteiger partial charge on any atom is 0.309 e. The first-order valence-electron chi connectivity index (χ1n) is 7.34. The summed E-state index contributed by atoms with van der Waals surface area (Å²) in [7, 11) is 0. The molecule has 0 aromatic carbocycles. The van der Waals surface area contributed by atoms with Crippen molar-refractivity contribution in [3.05, 3.63) is 0 Å². The second-order valence-electron chi connectivity index (χ2n) is 4.94. The van der Waals surface area contributed by atoms with Crippen molar-refractivity contribution in [2.75, 3.05) is 32.8 Å². The summed E-state index contributed by atoms with van der Waals surface area (Å²) in [4.78, 5) is 25.3. The molecular weight excluding hydrogens is 244 g/mol. The molecule has 1 saturated heterocycles. The number of likely N-dealkylation sites (tertiary alicyclic amines) is 1. The fourth-order valence-electron chi connectivity index (χ4n) is 2.23. The summed E-state index contributed by atoms with van der Waals surface area (Å²) in [6, 6.07) is 0. The zero-order valence-electron chi connectivity index (χ0n) is 12.1. The minimum Gasteiger partial charge on any atom is -0.466 e. The van der Waals surface area contributed by atoms with E-state index in [-0.39, 0.29) is 17.8 Å². The van der Waals surface area contributed by atoms with E-state index in [9.17, 15) is 9.59 Å². The number of hydrogen-bond donors (Lipinski definition) is 1. The van der Waals surface area contributed by atoms with Crippen molar-refractivity contribution in [3.63, 3.8) is 0 Å². The van der Waals surface area contributed by atoms with Gasteiger partial charge in [-0.3, -0.25) is 9.59 Å². The SMILES string of the molecule is CCCCNCC(=O)N1CCC(C(=O)OCC)CC1. The van der Waals surface area contributed by atoms with Gasteiger partial charge in [0.25, 0.3) is 0 Å². The van der Waals surface area contributed by atoms with Crippen LogP contribution in [-0.2, 0) is 14.3 Å². The van der Waals surface area contributed by atoms with Crippen LogP contribution in [0.3, 0.4) is 0 Å². The molecule has 0 atom stereocenters. The smallest absolute Gasteiger partial charge is 0.309 e. The first kappa shape index (κ1) is 16.0. The van der Waals surface area contributed by atoms with E-state index < -0.39 is 0 Å². The Hall–Kier alpha value is -1.10. The van der Waals surface area contributed by atoms with Crippen LogP contribution >= 0.6 is 0 Å². The summed E-state index contributed by atoms with van der Waals surface area (Å²) < 4.78 is 5.01. The van der Waals surface area contributed by atoms with Crippen LogP contribution in [0, 0.1) is 5.92 Å². The summed E-state index contributed by atoms with van der Waals surface area (Å²) in [6.45, 7) is 7.00. The number of carbonyl (C=O) groups is 2. The molecule has 5 nitrogen and oxygen atoms in total. The lowest BCUT2D eigenvalue weighted by Crippen LogP contribution is -2.44. The van der Waals surface area contributed by atoms with E-state index in [0.717, 1.165) is 32.2 Å². The lowest BCUT2D eigenvalue weighted by atomic mass is 9.97. The number of nitrogens with zero attached hydrogens (tertiary/aromatic N) is 1. The Bertz CT molecular complexity index is 286. The maximum absolute atomic E-state index is 11.9. The molecule has 1 amide bonds. The molecule has 1 aliphatic rings. The number of hydrogen-bond acceptors (Lipinski definition) is 4. The van der Waals surface area contributed by atoms with Gasteiger partial charge < -0.3 is 15.0 Å². The van der Waals surface area contributed by atoms with Crippen molar-refractivity contribution in [1.29, 1.82) is 0 Å². The van der Waals surface area contributed by atoms with Crippen LogP contribution in [0.15, 0.2) is 0 Å². The normalized spacial score (nSPS) is 16.4. The van der Waals surface area contributed by atoms with Gasteiger partial charge in [-0.25, -0.2) is 0 Å². The van der Waals surface area contributed by atoms with E-state index in [1.165, 1.54) is 0 Å². The molecule has 110 valence electrons. The highest BCUT2D eigenvalue weighted by Gasteiger charge is 2.27. The molecule has 0 saturated carbocycles. The van der Waals surface area contributed by atoms with E-state index in [0.29, 0.717) is 26.2 Å². The molecule has 1 rings (SSSR count). The lowest BCUT2D eigenvalue weighted by molar-refractivity contribution is -0.151. The van der Waals surface area contributed by atoms with Gasteiger partial charge >= 0.3 is 5.97 Å². The first-order valence-corrected chi connectivity index (χ1v) is 7.34. The van der Waals surface area contributed by atoms with Gasteiger partial charge in [-0.15, -0.1) is 0 Å². The third-order valence-electron chi connectivity index (χ3n) is 3.45. The van der Waals surface area contributed by atoms with Crippen LogP contribution in [0.5, 0.6) is 0 Å². The summed E-state index contributed by atoms with van der Waals surface area (Å²) in [5.41, 5.74) is 0. The number of piperidine rings is 1. The molecule has 1 fully saturated rings. The van der Waals surface area contributed by atoms with Crippen molar-refractivity contribution in [3.8, 4) is 0 Å². The highest BCUT2D eigenvalue weighted by molar-refractivity contribution is 5.79. The van der Waals surface area contributed by atoms with Gasteiger partial charge in [0, 0.05) is 13.1 Å². The second-order valence-corrected chi connectivity index (χ2v) is 4.94. The number of amides is 1. The van der Waals surface area contributed by atoms with Crippen LogP contribution in [0.25, 0.3) is 0 Å². The van der Waals surface area contributed by atoms with E-state index in [1.54, 1.807) is 0 Å². The Balaban J connectivity index is 2.21. The van der Waals surface area contributed by atoms with E-state index in [1.807, 2.05) is 11.8 Å². The van der Waals surface area contributed by atoms with Crippen molar-refractivity contribution < 1.29 is 14.3 Å². The first-order chi connectivity index (χ1) is 9.19. The summed E-state index contributed by atoms with van der Waals surface area (Å²) in [5.74, 6) is -0.00821. The summed E-state index contributed by atoms with van der Waals surface area (Å²) in [6.07, 6.45) is 3.67. The minimum atomic E-state index is -0.115. The standard InChI is InChI=1S/C14H26N2O3/c1-3-5-8-15-11-13(17)16-9-6-12(7-10-16)14(18)19-4-2/h12,15H,3-11H2,1-2H3. The largest absolute Gasteiger partial charge is 0.466 e. The maximum atomic E-state index is 11.9. The molecule has 0 spiro atoms. The van der Waals surface area contributed by atoms with Gasteiger partial charge in [-0.2, -0.15) is 0 Å². The Morgan fingerprint density at radius 1 is 1.26 bits per heavy atom. The van der Waals surface area contributed by atoms with Crippen molar-refractivity contribution in [2.45, 2.75) is 39.5 Å². The molecule has 1 N–H and O–H groups in total. The van der Waals surface area contributed by atoms with Crippen molar-refractivity contribution >= 4 is 11.9 Å². The lowest BCUT2D eigenvalue weighted by Gasteiger charge is -2.31. The van der Waals surface area contributed by atoms with Gasteiger partial charge in [-0.1, -0.05) is 13.3 Å². The highest BCUT2D eigenvalue weighted by Crippen LogP contribution is 2.18. The Morgan fingerprint density at radius 2 is 1.95 bits per heavy atom. The fraction of sp³-hybridized carbons (Fsp3) is 0.857. The molecule has 0 radical (unpaired) electrons. The predicted molar refractivity (Wildman–Crippen MR) is 73.7 cm³/mol. The molecule has 0 aromatic heterocycles. The quantitative estimate of drug-likeness (QED) is 0.557. The third kappa shape index (κ3) is 5.59. The average molecular weight is 270 g/mol. The molecule has 1 heterocycles. The fourth-order valence-corrected chi connectivity index (χ4v) is 2.23. The molecule has 0 aromatic rings. The van der Waals surface area contributed by atoms with E-state index in [2.05, 4.69) is 12.2 Å². The number of nitrogens with one attached hydrogen (secondary N) is 1. The second kappa shape index (κ2) is 8.91. The van der Waals surface area contributed by atoms with Gasteiger partial charge in [-0.05, 0) is 32.7 Å². The molecule has 0 unspecified atom stereocenters. The minimum absolute atomic E-state index is 0.0305. The predicted octanol–water partition coefficient (Wildman–Crippen LogP) is 1.18. The van der Waals surface area contributed by atoms with Gasteiger partial charge in [0.05, 0.1) is 19.1 Å². The molecule has 0 aliphatic carbocycles.